The van der Waals surface area contributed by atoms with Crippen LogP contribution in [0.1, 0.15) is 33.3 Å². The summed E-state index contributed by atoms with van der Waals surface area (Å²) in [4.78, 5) is 36.8. The first-order valence-corrected chi connectivity index (χ1v) is 9.89. The number of halogens is 1. The fourth-order valence-electron chi connectivity index (χ4n) is 2.61. The van der Waals surface area contributed by atoms with E-state index in [0.717, 1.165) is 0 Å². The molecule has 0 bridgehead atoms. The van der Waals surface area contributed by atoms with Crippen LogP contribution in [0.5, 0.6) is 0 Å². The van der Waals surface area contributed by atoms with Gasteiger partial charge in [0.1, 0.15) is 17.9 Å². The van der Waals surface area contributed by atoms with Crippen LogP contribution in [0.2, 0.25) is 0 Å². The Kier molecular flexibility index (Phi) is 6.86. The van der Waals surface area contributed by atoms with Gasteiger partial charge in [-0.25, -0.2) is 4.39 Å². The summed E-state index contributed by atoms with van der Waals surface area (Å²) in [6, 6.07) is 4.91. The second-order valence-electron chi connectivity index (χ2n) is 7.65. The van der Waals surface area contributed by atoms with Gasteiger partial charge in [0.25, 0.3) is 0 Å². The van der Waals surface area contributed by atoms with Crippen LogP contribution in [0, 0.1) is 5.82 Å². The van der Waals surface area contributed by atoms with Crippen LogP contribution in [0.15, 0.2) is 24.3 Å². The second-order valence-corrected chi connectivity index (χ2v) is 8.88. The van der Waals surface area contributed by atoms with Gasteiger partial charge in [0.2, 0.25) is 17.7 Å². The Balaban J connectivity index is 1.88. The summed E-state index contributed by atoms with van der Waals surface area (Å²) in [5.41, 5.74) is 0.0748. The number of amides is 3. The molecule has 2 rings (SSSR count). The first-order valence-electron chi connectivity index (χ1n) is 8.84. The summed E-state index contributed by atoms with van der Waals surface area (Å²) in [6.45, 7) is 7.16. The van der Waals surface area contributed by atoms with Crippen molar-refractivity contribution in [3.8, 4) is 0 Å². The Hall–Kier alpha value is -2.09. The Morgan fingerprint density at radius 2 is 2.00 bits per heavy atom. The molecular weight excluding hydrogens is 369 g/mol. The number of thioether (sulfide) groups is 1. The molecule has 0 aromatic heterocycles. The van der Waals surface area contributed by atoms with Gasteiger partial charge in [-0.1, -0.05) is 18.2 Å². The highest BCUT2D eigenvalue weighted by Gasteiger charge is 2.34. The molecule has 1 aromatic carbocycles. The third-order valence-corrected chi connectivity index (χ3v) is 5.31. The third-order valence-electron chi connectivity index (χ3n) is 4.00. The van der Waals surface area contributed by atoms with Crippen molar-refractivity contribution in [3.63, 3.8) is 0 Å². The minimum Gasteiger partial charge on any atom is -0.350 e. The standard InChI is InChI=1S/C19H26FN3O3S/c1-11(16(24)23-19(2,3)4)21-17(25)14-10-27-15(18(26)22-14)9-12-7-5-6-8-13(12)20/h5-8,11,14-15H,9-10H2,1-4H3,(H,21,25)(H,22,26)(H,23,24). The summed E-state index contributed by atoms with van der Waals surface area (Å²) in [5.74, 6) is -0.977. The number of rotatable bonds is 5. The van der Waals surface area contributed by atoms with E-state index in [9.17, 15) is 18.8 Å². The molecule has 8 heteroatoms. The molecule has 6 nitrogen and oxygen atoms in total. The van der Waals surface area contributed by atoms with Crippen molar-refractivity contribution in [2.75, 3.05) is 5.75 Å². The van der Waals surface area contributed by atoms with Gasteiger partial charge in [0.05, 0.1) is 5.25 Å². The lowest BCUT2D eigenvalue weighted by molar-refractivity contribution is -0.132. The highest BCUT2D eigenvalue weighted by molar-refractivity contribution is 8.00. The van der Waals surface area contributed by atoms with Crippen LogP contribution < -0.4 is 16.0 Å². The molecule has 0 saturated carbocycles. The number of carbonyl (C=O) groups excluding carboxylic acids is 3. The molecule has 1 saturated heterocycles. The van der Waals surface area contributed by atoms with Gasteiger partial charge < -0.3 is 16.0 Å². The fraction of sp³-hybridized carbons (Fsp3) is 0.526. The molecule has 0 radical (unpaired) electrons. The van der Waals surface area contributed by atoms with Gasteiger partial charge in [-0.2, -0.15) is 0 Å². The molecule has 1 aromatic rings. The zero-order valence-electron chi connectivity index (χ0n) is 16.0. The lowest BCUT2D eigenvalue weighted by Gasteiger charge is -2.29. The molecule has 3 atom stereocenters. The van der Waals surface area contributed by atoms with Gasteiger partial charge in [0, 0.05) is 11.3 Å². The van der Waals surface area contributed by atoms with Gasteiger partial charge in [0.15, 0.2) is 0 Å². The zero-order valence-corrected chi connectivity index (χ0v) is 16.8. The third kappa shape index (κ3) is 6.23. The molecule has 3 unspecified atom stereocenters. The van der Waals surface area contributed by atoms with Crippen molar-refractivity contribution in [2.45, 2.75) is 57.0 Å². The lowest BCUT2D eigenvalue weighted by atomic mass is 10.1. The predicted molar refractivity (Wildman–Crippen MR) is 104 cm³/mol. The maximum absolute atomic E-state index is 13.8. The number of benzene rings is 1. The van der Waals surface area contributed by atoms with Crippen LogP contribution in [0.4, 0.5) is 4.39 Å². The minimum absolute atomic E-state index is 0.266. The van der Waals surface area contributed by atoms with E-state index in [4.69, 9.17) is 0 Å². The Morgan fingerprint density at radius 1 is 1.33 bits per heavy atom. The molecule has 0 aliphatic carbocycles. The van der Waals surface area contributed by atoms with Crippen LogP contribution in [-0.2, 0) is 20.8 Å². The number of nitrogens with one attached hydrogen (secondary N) is 3. The predicted octanol–water partition coefficient (Wildman–Crippen LogP) is 1.39. The van der Waals surface area contributed by atoms with Gasteiger partial charge in [-0.15, -0.1) is 11.8 Å². The van der Waals surface area contributed by atoms with Crippen molar-refractivity contribution in [1.82, 2.24) is 16.0 Å². The summed E-state index contributed by atoms with van der Waals surface area (Å²) in [7, 11) is 0. The van der Waals surface area contributed by atoms with E-state index in [1.54, 1.807) is 25.1 Å². The van der Waals surface area contributed by atoms with E-state index in [1.807, 2.05) is 20.8 Å². The summed E-state index contributed by atoms with van der Waals surface area (Å²) in [6.07, 6.45) is 0.266. The highest BCUT2D eigenvalue weighted by atomic mass is 32.2. The first kappa shape index (κ1) is 21.2. The van der Waals surface area contributed by atoms with Crippen LogP contribution in [0.3, 0.4) is 0 Å². The second kappa shape index (κ2) is 8.73. The highest BCUT2D eigenvalue weighted by Crippen LogP contribution is 2.23. The zero-order chi connectivity index (χ0) is 20.2. The number of hydrogen-bond acceptors (Lipinski definition) is 4. The maximum atomic E-state index is 13.8. The smallest absolute Gasteiger partial charge is 0.244 e. The molecule has 0 spiro atoms. The minimum atomic E-state index is -0.718. The lowest BCUT2D eigenvalue weighted by Crippen LogP contribution is -2.58. The monoisotopic (exact) mass is 395 g/mol. The maximum Gasteiger partial charge on any atom is 0.244 e. The van der Waals surface area contributed by atoms with Crippen LogP contribution in [-0.4, -0.2) is 46.3 Å². The number of carbonyl (C=O) groups is 3. The van der Waals surface area contributed by atoms with Gasteiger partial charge in [-0.3, -0.25) is 14.4 Å². The fourth-order valence-corrected chi connectivity index (χ4v) is 3.78. The van der Waals surface area contributed by atoms with Crippen molar-refractivity contribution in [3.05, 3.63) is 35.6 Å². The van der Waals surface area contributed by atoms with Crippen molar-refractivity contribution >= 4 is 29.5 Å². The average molecular weight is 396 g/mol. The molecule has 1 aliphatic heterocycles. The van der Waals surface area contributed by atoms with Crippen molar-refractivity contribution in [2.24, 2.45) is 0 Å². The normalized spacial score (nSPS) is 21.1. The SMILES string of the molecule is CC(NC(=O)C1CSC(Cc2ccccc2F)C(=O)N1)C(=O)NC(C)(C)C. The molecule has 1 fully saturated rings. The first-order chi connectivity index (χ1) is 12.6. The Morgan fingerprint density at radius 3 is 2.59 bits per heavy atom. The molecule has 148 valence electrons. The van der Waals surface area contributed by atoms with E-state index >= 15 is 0 Å². The van der Waals surface area contributed by atoms with E-state index in [0.29, 0.717) is 11.3 Å². The largest absolute Gasteiger partial charge is 0.350 e. The Bertz CT molecular complexity index is 720. The molecular formula is C19H26FN3O3S. The summed E-state index contributed by atoms with van der Waals surface area (Å²) in [5, 5.41) is 7.64. The Labute approximate surface area is 163 Å². The average Bonchev–Trinajstić information content (AvgIpc) is 2.56. The topological polar surface area (TPSA) is 87.3 Å². The molecule has 1 aliphatic rings. The van der Waals surface area contributed by atoms with E-state index in [1.165, 1.54) is 17.8 Å². The van der Waals surface area contributed by atoms with E-state index in [-0.39, 0.29) is 24.1 Å². The van der Waals surface area contributed by atoms with Gasteiger partial charge in [-0.05, 0) is 45.7 Å². The molecule has 3 amide bonds. The van der Waals surface area contributed by atoms with Crippen molar-refractivity contribution in [1.29, 1.82) is 0 Å². The summed E-state index contributed by atoms with van der Waals surface area (Å²) >= 11 is 1.32. The van der Waals surface area contributed by atoms with Gasteiger partial charge >= 0.3 is 0 Å². The van der Waals surface area contributed by atoms with Crippen molar-refractivity contribution < 1.29 is 18.8 Å². The molecule has 1 heterocycles. The van der Waals surface area contributed by atoms with Crippen LogP contribution >= 0.6 is 11.8 Å². The van der Waals surface area contributed by atoms with E-state index in [2.05, 4.69) is 16.0 Å². The van der Waals surface area contributed by atoms with E-state index < -0.39 is 28.8 Å². The quantitative estimate of drug-likeness (QED) is 0.703. The van der Waals surface area contributed by atoms with Crippen LogP contribution in [0.25, 0.3) is 0 Å². The number of hydrogen-bond donors (Lipinski definition) is 3. The molecule has 3 N–H and O–H groups in total. The summed E-state index contributed by atoms with van der Waals surface area (Å²) < 4.78 is 13.8. The molecule has 27 heavy (non-hydrogen) atoms.